The van der Waals surface area contributed by atoms with Crippen LogP contribution in [-0.2, 0) is 10.8 Å². The van der Waals surface area contributed by atoms with E-state index in [0.29, 0.717) is 11.5 Å². The standard InChI is InChI=1S/C22H30O2S/c1-21(2,3)17-12-16(13-18(20(17)24)22(4,5)6)25-14-19(23)15-10-8-7-9-11-15/h7-13,19,23-24H,14H2,1-6H3. The van der Waals surface area contributed by atoms with E-state index >= 15 is 0 Å². The zero-order valence-corrected chi connectivity index (χ0v) is 16.9. The summed E-state index contributed by atoms with van der Waals surface area (Å²) >= 11 is 1.63. The fraction of sp³-hybridized carbons (Fsp3) is 0.455. The monoisotopic (exact) mass is 358 g/mol. The van der Waals surface area contributed by atoms with E-state index in [1.54, 1.807) is 11.8 Å². The van der Waals surface area contributed by atoms with Crippen LogP contribution in [0, 0.1) is 0 Å². The Bertz CT molecular complexity index is 674. The third-order valence-corrected chi connectivity index (χ3v) is 5.34. The van der Waals surface area contributed by atoms with Crippen molar-refractivity contribution in [1.29, 1.82) is 0 Å². The molecule has 0 spiro atoms. The lowest BCUT2D eigenvalue weighted by atomic mass is 9.79. The van der Waals surface area contributed by atoms with Crippen LogP contribution in [0.1, 0.15) is 64.3 Å². The first-order chi connectivity index (χ1) is 11.5. The first-order valence-electron chi connectivity index (χ1n) is 8.74. The third kappa shape index (κ3) is 5.02. The SMILES string of the molecule is CC(C)(C)c1cc(SCC(O)c2ccccc2)cc(C(C)(C)C)c1O. The van der Waals surface area contributed by atoms with Crippen molar-refractivity contribution in [3.05, 3.63) is 59.2 Å². The van der Waals surface area contributed by atoms with Gasteiger partial charge in [-0.15, -0.1) is 11.8 Å². The number of benzene rings is 2. The van der Waals surface area contributed by atoms with Gasteiger partial charge in [-0.05, 0) is 28.5 Å². The van der Waals surface area contributed by atoms with E-state index in [2.05, 4.69) is 53.7 Å². The summed E-state index contributed by atoms with van der Waals surface area (Å²) in [6, 6.07) is 13.9. The average molecular weight is 359 g/mol. The normalized spacial score (nSPS) is 13.7. The van der Waals surface area contributed by atoms with Crippen LogP contribution in [0.3, 0.4) is 0 Å². The van der Waals surface area contributed by atoms with Crippen molar-refractivity contribution < 1.29 is 10.2 Å². The molecule has 0 bridgehead atoms. The summed E-state index contributed by atoms with van der Waals surface area (Å²) in [6.45, 7) is 12.7. The fourth-order valence-corrected chi connectivity index (χ4v) is 3.73. The van der Waals surface area contributed by atoms with Crippen LogP contribution >= 0.6 is 11.8 Å². The maximum atomic E-state index is 10.8. The number of aromatic hydroxyl groups is 1. The number of aliphatic hydroxyl groups is 1. The lowest BCUT2D eigenvalue weighted by molar-refractivity contribution is 0.204. The minimum atomic E-state index is -0.504. The zero-order valence-electron chi connectivity index (χ0n) is 16.1. The second kappa shape index (κ2) is 7.43. The van der Waals surface area contributed by atoms with Gasteiger partial charge in [-0.3, -0.25) is 0 Å². The van der Waals surface area contributed by atoms with Crippen LogP contribution in [-0.4, -0.2) is 16.0 Å². The number of phenols is 1. The van der Waals surface area contributed by atoms with Crippen molar-refractivity contribution in [2.45, 2.75) is 63.4 Å². The molecule has 0 aliphatic rings. The molecular formula is C22H30O2S. The molecule has 1 atom stereocenters. The second-order valence-corrected chi connectivity index (χ2v) is 9.70. The van der Waals surface area contributed by atoms with Crippen molar-refractivity contribution in [1.82, 2.24) is 0 Å². The molecule has 136 valence electrons. The molecule has 0 amide bonds. The zero-order chi connectivity index (χ0) is 18.8. The summed E-state index contributed by atoms with van der Waals surface area (Å²) in [6.07, 6.45) is -0.504. The number of hydrogen-bond acceptors (Lipinski definition) is 3. The van der Waals surface area contributed by atoms with E-state index in [1.165, 1.54) is 0 Å². The van der Waals surface area contributed by atoms with Gasteiger partial charge in [-0.2, -0.15) is 0 Å². The Kier molecular flexibility index (Phi) is 5.90. The Morgan fingerprint density at radius 2 is 1.36 bits per heavy atom. The van der Waals surface area contributed by atoms with E-state index in [9.17, 15) is 10.2 Å². The van der Waals surface area contributed by atoms with Crippen LogP contribution in [0.2, 0.25) is 0 Å². The van der Waals surface area contributed by atoms with E-state index in [-0.39, 0.29) is 10.8 Å². The van der Waals surface area contributed by atoms with Gasteiger partial charge >= 0.3 is 0 Å². The molecule has 2 aromatic carbocycles. The Balaban J connectivity index is 2.31. The average Bonchev–Trinajstić information content (AvgIpc) is 2.52. The fourth-order valence-electron chi connectivity index (χ4n) is 2.78. The molecule has 0 saturated heterocycles. The smallest absolute Gasteiger partial charge is 0.123 e. The van der Waals surface area contributed by atoms with Gasteiger partial charge in [0.2, 0.25) is 0 Å². The molecule has 0 heterocycles. The maximum absolute atomic E-state index is 10.8. The van der Waals surface area contributed by atoms with Crippen LogP contribution in [0.4, 0.5) is 0 Å². The summed E-state index contributed by atoms with van der Waals surface area (Å²) in [5.41, 5.74) is 2.56. The molecule has 2 N–H and O–H groups in total. The Labute approximate surface area is 156 Å². The van der Waals surface area contributed by atoms with Crippen molar-refractivity contribution in [2.24, 2.45) is 0 Å². The summed E-state index contributed by atoms with van der Waals surface area (Å²) in [5.74, 6) is 0.982. The first kappa shape index (κ1) is 19.9. The highest BCUT2D eigenvalue weighted by Crippen LogP contribution is 2.42. The highest BCUT2D eigenvalue weighted by molar-refractivity contribution is 7.99. The minimum Gasteiger partial charge on any atom is -0.507 e. The molecule has 0 aliphatic carbocycles. The predicted molar refractivity (Wildman–Crippen MR) is 108 cm³/mol. The van der Waals surface area contributed by atoms with Crippen LogP contribution in [0.15, 0.2) is 47.4 Å². The van der Waals surface area contributed by atoms with Gasteiger partial charge in [0.15, 0.2) is 0 Å². The molecule has 1 unspecified atom stereocenters. The maximum Gasteiger partial charge on any atom is 0.123 e. The molecule has 0 fully saturated rings. The first-order valence-corrected chi connectivity index (χ1v) is 9.72. The lowest BCUT2D eigenvalue weighted by Gasteiger charge is -2.28. The van der Waals surface area contributed by atoms with Crippen molar-refractivity contribution in [3.8, 4) is 5.75 Å². The summed E-state index contributed by atoms with van der Waals surface area (Å²) in [4.78, 5) is 1.09. The molecular weight excluding hydrogens is 328 g/mol. The molecule has 0 aliphatic heterocycles. The van der Waals surface area contributed by atoms with Crippen LogP contribution < -0.4 is 0 Å². The Morgan fingerprint density at radius 3 is 1.80 bits per heavy atom. The third-order valence-electron chi connectivity index (χ3n) is 4.29. The molecule has 2 rings (SSSR count). The number of phenolic OH excluding ortho intramolecular Hbond substituents is 1. The highest BCUT2D eigenvalue weighted by Gasteiger charge is 2.26. The van der Waals surface area contributed by atoms with Crippen molar-refractivity contribution >= 4 is 11.8 Å². The van der Waals surface area contributed by atoms with E-state index in [1.807, 2.05) is 30.3 Å². The lowest BCUT2D eigenvalue weighted by Crippen LogP contribution is -2.17. The van der Waals surface area contributed by atoms with Gasteiger partial charge in [0.1, 0.15) is 5.75 Å². The second-order valence-electron chi connectivity index (χ2n) is 8.60. The van der Waals surface area contributed by atoms with Gasteiger partial charge in [-0.25, -0.2) is 0 Å². The highest BCUT2D eigenvalue weighted by atomic mass is 32.2. The van der Waals surface area contributed by atoms with Crippen molar-refractivity contribution in [2.75, 3.05) is 5.75 Å². The number of rotatable bonds is 4. The summed E-state index contributed by atoms with van der Waals surface area (Å²) in [5, 5.41) is 21.2. The van der Waals surface area contributed by atoms with Gasteiger partial charge in [0.05, 0.1) is 6.10 Å². The van der Waals surface area contributed by atoms with Gasteiger partial charge in [0.25, 0.3) is 0 Å². The predicted octanol–water partition coefficient (Wildman–Crippen LogP) is 5.81. The van der Waals surface area contributed by atoms with Gasteiger partial charge in [-0.1, -0.05) is 71.9 Å². The quantitative estimate of drug-likeness (QED) is 0.677. The molecule has 3 heteroatoms. The van der Waals surface area contributed by atoms with Crippen LogP contribution in [0.25, 0.3) is 0 Å². The number of hydrogen-bond donors (Lipinski definition) is 2. The summed E-state index contributed by atoms with van der Waals surface area (Å²) < 4.78 is 0. The van der Waals surface area contributed by atoms with E-state index in [0.717, 1.165) is 21.6 Å². The number of aliphatic hydroxyl groups excluding tert-OH is 1. The molecule has 2 aromatic rings. The Morgan fingerprint density at radius 1 is 0.880 bits per heavy atom. The topological polar surface area (TPSA) is 40.5 Å². The molecule has 0 saturated carbocycles. The van der Waals surface area contributed by atoms with Crippen molar-refractivity contribution in [3.63, 3.8) is 0 Å². The minimum absolute atomic E-state index is 0.140. The molecule has 25 heavy (non-hydrogen) atoms. The van der Waals surface area contributed by atoms with Gasteiger partial charge < -0.3 is 10.2 Å². The van der Waals surface area contributed by atoms with Crippen LogP contribution in [0.5, 0.6) is 5.75 Å². The van der Waals surface area contributed by atoms with E-state index < -0.39 is 6.10 Å². The molecule has 0 radical (unpaired) electrons. The van der Waals surface area contributed by atoms with E-state index in [4.69, 9.17) is 0 Å². The summed E-state index contributed by atoms with van der Waals surface area (Å²) in [7, 11) is 0. The molecule has 0 aromatic heterocycles. The largest absolute Gasteiger partial charge is 0.507 e. The molecule has 2 nitrogen and oxygen atoms in total. The Hall–Kier alpha value is -1.45. The van der Waals surface area contributed by atoms with Gasteiger partial charge in [0, 0.05) is 21.8 Å². The number of thioether (sulfide) groups is 1.